The fraction of sp³-hybridized carbons (Fsp3) is 0.455. The molecule has 4 heterocycles. The standard InChI is InChI=1S/C11H11N5S2/c1-11(2)3-6-7(4-17-11)18-10-8(6)9-13-14-15-16(9)5-12-10/h5H,3-4H2,1-2H3. The quantitative estimate of drug-likeness (QED) is 0.631. The lowest BCUT2D eigenvalue weighted by molar-refractivity contribution is 0.700. The van der Waals surface area contributed by atoms with Crippen LogP contribution in [0.2, 0.25) is 0 Å². The third-order valence-corrected chi connectivity index (χ3v) is 5.95. The average molecular weight is 277 g/mol. The van der Waals surface area contributed by atoms with Crippen molar-refractivity contribution in [3.8, 4) is 0 Å². The Labute approximate surface area is 112 Å². The Morgan fingerprint density at radius 2 is 2.28 bits per heavy atom. The van der Waals surface area contributed by atoms with Crippen molar-refractivity contribution in [2.24, 2.45) is 0 Å². The smallest absolute Gasteiger partial charge is 0.191 e. The minimum atomic E-state index is 0.279. The van der Waals surface area contributed by atoms with Gasteiger partial charge in [0.05, 0.1) is 5.39 Å². The molecule has 3 aromatic rings. The Morgan fingerprint density at radius 1 is 1.39 bits per heavy atom. The molecular weight excluding hydrogens is 266 g/mol. The molecule has 0 N–H and O–H groups in total. The zero-order valence-electron chi connectivity index (χ0n) is 10.0. The van der Waals surface area contributed by atoms with Crippen molar-refractivity contribution in [3.63, 3.8) is 0 Å². The summed E-state index contributed by atoms with van der Waals surface area (Å²) in [6.45, 7) is 4.58. The molecule has 3 aromatic heterocycles. The predicted octanol–water partition coefficient (Wildman–Crippen LogP) is 2.30. The van der Waals surface area contributed by atoms with Gasteiger partial charge in [0.2, 0.25) is 0 Å². The van der Waals surface area contributed by atoms with E-state index < -0.39 is 0 Å². The molecule has 0 amide bonds. The zero-order valence-corrected chi connectivity index (χ0v) is 11.7. The number of thiophene rings is 1. The van der Waals surface area contributed by atoms with E-state index in [9.17, 15) is 0 Å². The Bertz CT molecular complexity index is 757. The Kier molecular flexibility index (Phi) is 2.03. The van der Waals surface area contributed by atoms with Crippen molar-refractivity contribution in [2.75, 3.05) is 0 Å². The number of nitrogens with zero attached hydrogens (tertiary/aromatic N) is 5. The molecule has 18 heavy (non-hydrogen) atoms. The molecule has 1 aliphatic heterocycles. The van der Waals surface area contributed by atoms with Crippen LogP contribution in [-0.2, 0) is 12.2 Å². The zero-order chi connectivity index (χ0) is 12.3. The maximum Gasteiger partial charge on any atom is 0.191 e. The summed E-state index contributed by atoms with van der Waals surface area (Å²) in [6, 6.07) is 0. The molecule has 7 heteroatoms. The highest BCUT2D eigenvalue weighted by Gasteiger charge is 2.30. The average Bonchev–Trinajstić information content (AvgIpc) is 2.89. The topological polar surface area (TPSA) is 56.0 Å². The van der Waals surface area contributed by atoms with E-state index in [0.29, 0.717) is 0 Å². The first-order valence-corrected chi connectivity index (χ1v) is 7.55. The first kappa shape index (κ1) is 10.7. The van der Waals surface area contributed by atoms with Crippen molar-refractivity contribution >= 4 is 39.0 Å². The van der Waals surface area contributed by atoms with Crippen LogP contribution in [-0.4, -0.2) is 29.8 Å². The summed E-state index contributed by atoms with van der Waals surface area (Å²) in [4.78, 5) is 6.95. The van der Waals surface area contributed by atoms with Crippen LogP contribution in [0, 0.1) is 0 Å². The van der Waals surface area contributed by atoms with Crippen molar-refractivity contribution < 1.29 is 0 Å². The molecule has 92 valence electrons. The number of fused-ring (bicyclic) bond motifs is 5. The molecular formula is C11H11N5S2. The predicted molar refractivity (Wildman–Crippen MR) is 73.0 cm³/mol. The maximum absolute atomic E-state index is 4.46. The molecule has 0 saturated heterocycles. The van der Waals surface area contributed by atoms with E-state index in [1.165, 1.54) is 10.4 Å². The number of hydrogen-bond acceptors (Lipinski definition) is 6. The van der Waals surface area contributed by atoms with Gasteiger partial charge in [-0.15, -0.1) is 28.2 Å². The number of thioether (sulfide) groups is 1. The second kappa shape index (κ2) is 3.42. The van der Waals surface area contributed by atoms with E-state index in [4.69, 9.17) is 0 Å². The Morgan fingerprint density at radius 3 is 3.17 bits per heavy atom. The minimum Gasteiger partial charge on any atom is -0.225 e. The SMILES string of the molecule is CC1(C)Cc2c(sc3ncn4nnnc4c23)CS1. The third-order valence-electron chi connectivity index (χ3n) is 3.27. The largest absolute Gasteiger partial charge is 0.225 e. The third kappa shape index (κ3) is 1.40. The lowest BCUT2D eigenvalue weighted by atomic mass is 10.00. The number of hydrogen-bond donors (Lipinski definition) is 0. The first-order valence-electron chi connectivity index (χ1n) is 5.75. The molecule has 0 atom stereocenters. The van der Waals surface area contributed by atoms with E-state index in [0.717, 1.165) is 28.0 Å². The van der Waals surface area contributed by atoms with Gasteiger partial charge in [-0.25, -0.2) is 4.98 Å². The van der Waals surface area contributed by atoms with Gasteiger partial charge < -0.3 is 0 Å². The molecule has 0 aliphatic carbocycles. The summed E-state index contributed by atoms with van der Waals surface area (Å²) < 4.78 is 1.94. The van der Waals surface area contributed by atoms with Gasteiger partial charge in [0, 0.05) is 15.4 Å². The van der Waals surface area contributed by atoms with Gasteiger partial charge in [-0.05, 0) is 22.4 Å². The normalized spacial score (nSPS) is 18.3. The molecule has 0 fully saturated rings. The van der Waals surface area contributed by atoms with Gasteiger partial charge in [0.15, 0.2) is 5.65 Å². The highest BCUT2D eigenvalue weighted by molar-refractivity contribution is 8.00. The van der Waals surface area contributed by atoms with Crippen molar-refractivity contribution in [2.45, 2.75) is 30.8 Å². The van der Waals surface area contributed by atoms with Gasteiger partial charge in [-0.3, -0.25) is 0 Å². The fourth-order valence-corrected chi connectivity index (χ4v) is 4.71. The van der Waals surface area contributed by atoms with Gasteiger partial charge >= 0.3 is 0 Å². The summed E-state index contributed by atoms with van der Waals surface area (Å²) in [5.41, 5.74) is 2.23. The molecule has 0 bridgehead atoms. The van der Waals surface area contributed by atoms with E-state index in [2.05, 4.69) is 34.4 Å². The lowest BCUT2D eigenvalue weighted by Gasteiger charge is -2.28. The van der Waals surface area contributed by atoms with Crippen LogP contribution < -0.4 is 0 Å². The summed E-state index contributed by atoms with van der Waals surface area (Å²) >= 11 is 3.79. The van der Waals surface area contributed by atoms with Crippen LogP contribution in [0.15, 0.2) is 6.33 Å². The van der Waals surface area contributed by atoms with Crippen LogP contribution in [0.25, 0.3) is 15.9 Å². The summed E-state index contributed by atoms with van der Waals surface area (Å²) in [6.07, 6.45) is 2.75. The molecule has 0 saturated carbocycles. The Hall–Kier alpha value is -1.21. The van der Waals surface area contributed by atoms with Crippen molar-refractivity contribution in [1.82, 2.24) is 25.0 Å². The van der Waals surface area contributed by atoms with E-state index in [-0.39, 0.29) is 4.75 Å². The molecule has 0 aromatic carbocycles. The molecule has 5 nitrogen and oxygen atoms in total. The number of aromatic nitrogens is 5. The maximum atomic E-state index is 4.46. The van der Waals surface area contributed by atoms with Gasteiger partial charge in [0.1, 0.15) is 11.2 Å². The Balaban J connectivity index is 2.10. The molecule has 0 spiro atoms. The number of tetrazole rings is 1. The molecule has 0 unspecified atom stereocenters. The van der Waals surface area contributed by atoms with Gasteiger partial charge in [-0.1, -0.05) is 13.8 Å². The fourth-order valence-electron chi connectivity index (χ4n) is 2.40. The van der Waals surface area contributed by atoms with Crippen molar-refractivity contribution in [1.29, 1.82) is 0 Å². The van der Waals surface area contributed by atoms with Crippen molar-refractivity contribution in [3.05, 3.63) is 16.8 Å². The van der Waals surface area contributed by atoms with Crippen LogP contribution in [0.5, 0.6) is 0 Å². The monoisotopic (exact) mass is 277 g/mol. The minimum absolute atomic E-state index is 0.279. The highest BCUT2D eigenvalue weighted by atomic mass is 32.2. The van der Waals surface area contributed by atoms with Crippen LogP contribution in [0.3, 0.4) is 0 Å². The summed E-state index contributed by atoms with van der Waals surface area (Å²) in [5, 5.41) is 13.0. The van der Waals surface area contributed by atoms with E-state index >= 15 is 0 Å². The van der Waals surface area contributed by atoms with Crippen LogP contribution in [0.4, 0.5) is 0 Å². The van der Waals surface area contributed by atoms with Gasteiger partial charge in [0.25, 0.3) is 0 Å². The molecule has 1 aliphatic rings. The summed E-state index contributed by atoms with van der Waals surface area (Å²) in [5.74, 6) is 1.07. The highest BCUT2D eigenvalue weighted by Crippen LogP contribution is 2.45. The van der Waals surface area contributed by atoms with E-state index in [1.54, 1.807) is 22.2 Å². The lowest BCUT2D eigenvalue weighted by Crippen LogP contribution is -2.22. The molecule has 0 radical (unpaired) electrons. The van der Waals surface area contributed by atoms with E-state index in [1.807, 2.05) is 11.8 Å². The second-order valence-electron chi connectivity index (χ2n) is 5.10. The first-order chi connectivity index (χ1) is 8.64. The van der Waals surface area contributed by atoms with Gasteiger partial charge in [-0.2, -0.15) is 4.52 Å². The number of rotatable bonds is 0. The molecule has 4 rings (SSSR count). The van der Waals surface area contributed by atoms with Crippen LogP contribution >= 0.6 is 23.1 Å². The summed E-state index contributed by atoms with van der Waals surface area (Å²) in [7, 11) is 0. The second-order valence-corrected chi connectivity index (χ2v) is 7.87. The van der Waals surface area contributed by atoms with Crippen LogP contribution in [0.1, 0.15) is 24.3 Å².